The van der Waals surface area contributed by atoms with Crippen LogP contribution in [0.25, 0.3) is 0 Å². The van der Waals surface area contributed by atoms with Crippen LogP contribution in [0.2, 0.25) is 0 Å². The Bertz CT molecular complexity index is 408. The predicted octanol–water partition coefficient (Wildman–Crippen LogP) is 3.70. The minimum atomic E-state index is -0.271. The van der Waals surface area contributed by atoms with E-state index in [9.17, 15) is 0 Å². The van der Waals surface area contributed by atoms with Crippen LogP contribution in [-0.4, -0.2) is 0 Å². The van der Waals surface area contributed by atoms with Gasteiger partial charge in [-0.2, -0.15) is 5.26 Å². The van der Waals surface area contributed by atoms with Crippen LogP contribution in [0.4, 0.5) is 0 Å². The van der Waals surface area contributed by atoms with Gasteiger partial charge in [-0.05, 0) is 63.3 Å². The largest absolute Gasteiger partial charge is 0.198 e. The van der Waals surface area contributed by atoms with E-state index in [1.165, 1.54) is 22.3 Å². The van der Waals surface area contributed by atoms with Gasteiger partial charge < -0.3 is 0 Å². The van der Waals surface area contributed by atoms with E-state index >= 15 is 0 Å². The molecule has 0 saturated heterocycles. The zero-order chi connectivity index (χ0) is 11.6. The van der Waals surface area contributed by atoms with E-state index in [-0.39, 0.29) is 5.41 Å². The second-order valence-corrected chi connectivity index (χ2v) is 4.96. The molecule has 1 aromatic carbocycles. The second-order valence-electron chi connectivity index (χ2n) is 4.96. The summed E-state index contributed by atoms with van der Waals surface area (Å²) in [6, 6.07) is 6.64. The lowest BCUT2D eigenvalue weighted by atomic mass is 9.84. The van der Waals surface area contributed by atoms with Gasteiger partial charge in [0.25, 0.3) is 0 Å². The van der Waals surface area contributed by atoms with Crippen LogP contribution in [0.1, 0.15) is 36.1 Å². The van der Waals surface area contributed by atoms with Crippen molar-refractivity contribution in [3.8, 4) is 6.07 Å². The molecule has 0 unspecified atom stereocenters. The smallest absolute Gasteiger partial charge is 0.0687 e. The monoisotopic (exact) mass is 201 g/mol. The molecule has 0 radical (unpaired) electrons. The fourth-order valence-electron chi connectivity index (χ4n) is 1.72. The summed E-state index contributed by atoms with van der Waals surface area (Å²) >= 11 is 0. The Kier molecular flexibility index (Phi) is 3.19. The van der Waals surface area contributed by atoms with Crippen molar-refractivity contribution in [1.29, 1.82) is 5.26 Å². The van der Waals surface area contributed by atoms with Crippen LogP contribution in [0.5, 0.6) is 0 Å². The van der Waals surface area contributed by atoms with Crippen LogP contribution in [0.3, 0.4) is 0 Å². The normalized spacial score (nSPS) is 11.2. The summed E-state index contributed by atoms with van der Waals surface area (Å²) in [5, 5.41) is 9.02. The molecule has 0 spiro atoms. The van der Waals surface area contributed by atoms with Gasteiger partial charge in [-0.1, -0.05) is 12.1 Å². The maximum Gasteiger partial charge on any atom is 0.0687 e. The third-order valence-corrected chi connectivity index (χ3v) is 3.11. The molecule has 1 nitrogen and oxygen atoms in total. The van der Waals surface area contributed by atoms with Crippen molar-refractivity contribution in [2.24, 2.45) is 5.41 Å². The highest BCUT2D eigenvalue weighted by molar-refractivity contribution is 5.39. The van der Waals surface area contributed by atoms with Crippen molar-refractivity contribution >= 4 is 0 Å². The topological polar surface area (TPSA) is 23.8 Å². The van der Waals surface area contributed by atoms with Crippen LogP contribution < -0.4 is 0 Å². The molecular weight excluding hydrogens is 182 g/mol. The summed E-state index contributed by atoms with van der Waals surface area (Å²) in [6.07, 6.45) is 0.830. The highest BCUT2D eigenvalue weighted by Gasteiger charge is 2.18. The Balaban J connectivity index is 3.09. The predicted molar refractivity (Wildman–Crippen MR) is 63.8 cm³/mol. The van der Waals surface area contributed by atoms with Crippen molar-refractivity contribution in [1.82, 2.24) is 0 Å². The van der Waals surface area contributed by atoms with E-state index in [4.69, 9.17) is 5.26 Å². The Labute approximate surface area is 92.7 Å². The van der Waals surface area contributed by atoms with E-state index in [2.05, 4.69) is 39.0 Å². The summed E-state index contributed by atoms with van der Waals surface area (Å²) < 4.78 is 0. The molecule has 0 aromatic heterocycles. The van der Waals surface area contributed by atoms with Gasteiger partial charge in [0.2, 0.25) is 0 Å². The first-order valence-electron chi connectivity index (χ1n) is 5.34. The Morgan fingerprint density at radius 1 is 1.13 bits per heavy atom. The molecule has 0 fully saturated rings. The Hall–Kier alpha value is -1.29. The molecule has 0 N–H and O–H groups in total. The molecule has 0 bridgehead atoms. The summed E-state index contributed by atoms with van der Waals surface area (Å²) in [4.78, 5) is 0. The van der Waals surface area contributed by atoms with Crippen molar-refractivity contribution in [2.75, 3.05) is 0 Å². The lowest BCUT2D eigenvalue weighted by Gasteiger charge is -2.18. The minimum Gasteiger partial charge on any atom is -0.198 e. The van der Waals surface area contributed by atoms with E-state index in [1.807, 2.05) is 13.8 Å². The molecule has 15 heavy (non-hydrogen) atoms. The molecule has 0 amide bonds. The highest BCUT2D eigenvalue weighted by Crippen LogP contribution is 2.25. The van der Waals surface area contributed by atoms with E-state index < -0.39 is 0 Å². The zero-order valence-corrected chi connectivity index (χ0v) is 10.3. The van der Waals surface area contributed by atoms with Crippen LogP contribution in [-0.2, 0) is 6.42 Å². The molecule has 1 heteroatoms. The van der Waals surface area contributed by atoms with Crippen molar-refractivity contribution < 1.29 is 0 Å². The number of nitrogens with zero attached hydrogens (tertiary/aromatic N) is 1. The Morgan fingerprint density at radius 3 is 2.27 bits per heavy atom. The van der Waals surface area contributed by atoms with Crippen molar-refractivity contribution in [3.63, 3.8) is 0 Å². The molecule has 0 atom stereocenters. The summed E-state index contributed by atoms with van der Waals surface area (Å²) in [5.41, 5.74) is 5.03. The van der Waals surface area contributed by atoms with Gasteiger partial charge in [-0.15, -0.1) is 0 Å². The molecule has 0 aliphatic rings. The van der Waals surface area contributed by atoms with Gasteiger partial charge in [0, 0.05) is 0 Å². The van der Waals surface area contributed by atoms with E-state index in [0.29, 0.717) is 0 Å². The molecule has 80 valence electrons. The first kappa shape index (κ1) is 11.8. The van der Waals surface area contributed by atoms with Gasteiger partial charge in [0.05, 0.1) is 11.5 Å². The number of aryl methyl sites for hydroxylation is 1. The number of hydrogen-bond acceptors (Lipinski definition) is 1. The first-order chi connectivity index (χ1) is 6.87. The average Bonchev–Trinajstić information content (AvgIpc) is 2.19. The molecule has 0 aliphatic heterocycles. The van der Waals surface area contributed by atoms with Gasteiger partial charge in [-0.3, -0.25) is 0 Å². The van der Waals surface area contributed by atoms with Crippen LogP contribution in [0, 0.1) is 37.5 Å². The quantitative estimate of drug-likeness (QED) is 0.715. The molecule has 0 saturated carbocycles. The first-order valence-corrected chi connectivity index (χ1v) is 5.34. The number of hydrogen-bond donors (Lipinski definition) is 0. The Morgan fingerprint density at radius 2 is 1.73 bits per heavy atom. The van der Waals surface area contributed by atoms with Gasteiger partial charge in [0.15, 0.2) is 0 Å². The molecule has 0 aliphatic carbocycles. The van der Waals surface area contributed by atoms with Gasteiger partial charge >= 0.3 is 0 Å². The van der Waals surface area contributed by atoms with Gasteiger partial charge in [0.1, 0.15) is 0 Å². The molecule has 1 aromatic rings. The number of rotatable bonds is 2. The van der Waals surface area contributed by atoms with Crippen molar-refractivity contribution in [3.05, 3.63) is 34.4 Å². The van der Waals surface area contributed by atoms with Crippen LogP contribution in [0.15, 0.2) is 12.1 Å². The minimum absolute atomic E-state index is 0.271. The fourth-order valence-corrected chi connectivity index (χ4v) is 1.72. The average molecular weight is 201 g/mol. The molecular formula is C14H19N. The lowest BCUT2D eigenvalue weighted by Crippen LogP contribution is -2.13. The zero-order valence-electron chi connectivity index (χ0n) is 10.3. The SMILES string of the molecule is Cc1ccc(CC(C)(C)C#N)c(C)c1C. The number of benzene rings is 1. The summed E-state index contributed by atoms with van der Waals surface area (Å²) in [7, 11) is 0. The highest BCUT2D eigenvalue weighted by atomic mass is 14.3. The summed E-state index contributed by atoms with van der Waals surface area (Å²) in [5.74, 6) is 0. The van der Waals surface area contributed by atoms with Gasteiger partial charge in [-0.25, -0.2) is 0 Å². The fraction of sp³-hybridized carbons (Fsp3) is 0.500. The van der Waals surface area contributed by atoms with Crippen molar-refractivity contribution in [2.45, 2.75) is 41.0 Å². The summed E-state index contributed by atoms with van der Waals surface area (Å²) in [6.45, 7) is 10.4. The lowest BCUT2D eigenvalue weighted by molar-refractivity contribution is 0.492. The molecule has 0 heterocycles. The third kappa shape index (κ3) is 2.59. The standard InChI is InChI=1S/C14H19N/c1-10-6-7-13(12(3)11(10)2)8-14(4,5)9-15/h6-7H,8H2,1-5H3. The molecule has 1 rings (SSSR count). The second kappa shape index (κ2) is 4.06. The van der Waals surface area contributed by atoms with Crippen LogP contribution >= 0.6 is 0 Å². The maximum absolute atomic E-state index is 9.02. The third-order valence-electron chi connectivity index (χ3n) is 3.11. The maximum atomic E-state index is 9.02. The van der Waals surface area contributed by atoms with E-state index in [1.54, 1.807) is 0 Å². The number of nitriles is 1. The van der Waals surface area contributed by atoms with E-state index in [0.717, 1.165) is 6.42 Å².